The first-order valence-electron chi connectivity index (χ1n) is 9.14. The molecule has 29 heavy (non-hydrogen) atoms. The van der Waals surface area contributed by atoms with Gasteiger partial charge in [-0.15, -0.1) is 0 Å². The van der Waals surface area contributed by atoms with Gasteiger partial charge in [-0.2, -0.15) is 0 Å². The van der Waals surface area contributed by atoms with Crippen LogP contribution in [0.15, 0.2) is 53.1 Å². The standard InChI is InChI=1S/C22H22Cl2N2O3/c1-22(2,3)19-12-20(26-29-19)25-21(27)11-14-7-9-15(10-8-14)28-13-16-17(23)5-4-6-18(16)24/h4-10,12H,11,13H2,1-3H3,(H,25,26,27). The number of ether oxygens (including phenoxy) is 1. The van der Waals surface area contributed by atoms with Crippen LogP contribution in [0, 0.1) is 0 Å². The van der Waals surface area contributed by atoms with E-state index in [9.17, 15) is 4.79 Å². The van der Waals surface area contributed by atoms with Crippen molar-refractivity contribution >= 4 is 34.9 Å². The number of hydrogen-bond donors (Lipinski definition) is 1. The number of halogens is 2. The molecule has 0 aliphatic carbocycles. The second-order valence-electron chi connectivity index (χ2n) is 7.68. The predicted molar refractivity (Wildman–Crippen MR) is 115 cm³/mol. The van der Waals surface area contributed by atoms with Crippen LogP contribution in [0.5, 0.6) is 5.75 Å². The Labute approximate surface area is 179 Å². The lowest BCUT2D eigenvalue weighted by Gasteiger charge is -2.12. The van der Waals surface area contributed by atoms with E-state index in [0.29, 0.717) is 27.4 Å². The highest BCUT2D eigenvalue weighted by atomic mass is 35.5. The molecule has 0 aliphatic heterocycles. The van der Waals surface area contributed by atoms with Gasteiger partial charge in [0, 0.05) is 27.1 Å². The highest BCUT2D eigenvalue weighted by molar-refractivity contribution is 6.35. The molecule has 0 saturated carbocycles. The molecule has 2 aromatic carbocycles. The van der Waals surface area contributed by atoms with Gasteiger partial charge in [0.1, 0.15) is 18.1 Å². The van der Waals surface area contributed by atoms with E-state index in [1.165, 1.54) is 0 Å². The molecular formula is C22H22Cl2N2O3. The largest absolute Gasteiger partial charge is 0.489 e. The van der Waals surface area contributed by atoms with Gasteiger partial charge >= 0.3 is 0 Å². The lowest BCUT2D eigenvalue weighted by Crippen LogP contribution is -2.14. The quantitative estimate of drug-likeness (QED) is 0.515. The van der Waals surface area contributed by atoms with Crippen LogP contribution in [0.2, 0.25) is 10.0 Å². The maximum Gasteiger partial charge on any atom is 0.230 e. The monoisotopic (exact) mass is 432 g/mol. The molecule has 0 spiro atoms. The van der Waals surface area contributed by atoms with Crippen molar-refractivity contribution in [3.05, 3.63) is 75.5 Å². The van der Waals surface area contributed by atoms with Gasteiger partial charge in [0.2, 0.25) is 5.91 Å². The smallest absolute Gasteiger partial charge is 0.230 e. The molecule has 3 rings (SSSR count). The fraction of sp³-hybridized carbons (Fsp3) is 0.273. The number of rotatable bonds is 6. The summed E-state index contributed by atoms with van der Waals surface area (Å²) < 4.78 is 11.0. The summed E-state index contributed by atoms with van der Waals surface area (Å²) in [6.45, 7) is 6.31. The SMILES string of the molecule is CC(C)(C)c1cc(NC(=O)Cc2ccc(OCc3c(Cl)cccc3Cl)cc2)no1. The van der Waals surface area contributed by atoms with Crippen molar-refractivity contribution in [2.45, 2.75) is 39.2 Å². The number of nitrogens with zero attached hydrogens (tertiary/aromatic N) is 1. The molecule has 1 N–H and O–H groups in total. The van der Waals surface area contributed by atoms with Crippen LogP contribution >= 0.6 is 23.2 Å². The Kier molecular flexibility index (Phi) is 6.50. The third-order valence-electron chi connectivity index (χ3n) is 4.25. The summed E-state index contributed by atoms with van der Waals surface area (Å²) in [4.78, 5) is 12.3. The maximum atomic E-state index is 12.3. The third-order valence-corrected chi connectivity index (χ3v) is 4.96. The maximum absolute atomic E-state index is 12.3. The molecule has 1 amide bonds. The van der Waals surface area contributed by atoms with E-state index in [-0.39, 0.29) is 24.3 Å². The van der Waals surface area contributed by atoms with Crippen molar-refractivity contribution in [2.75, 3.05) is 5.32 Å². The van der Waals surface area contributed by atoms with Crippen molar-refractivity contribution in [1.29, 1.82) is 0 Å². The minimum atomic E-state index is -0.171. The molecule has 0 fully saturated rings. The van der Waals surface area contributed by atoms with Gasteiger partial charge in [-0.1, -0.05) is 67.3 Å². The summed E-state index contributed by atoms with van der Waals surface area (Å²) >= 11 is 12.3. The number of hydrogen-bond acceptors (Lipinski definition) is 4. The summed E-state index contributed by atoms with van der Waals surface area (Å²) in [7, 11) is 0. The lowest BCUT2D eigenvalue weighted by atomic mass is 9.93. The van der Waals surface area contributed by atoms with Crippen molar-refractivity contribution < 1.29 is 14.1 Å². The molecule has 7 heteroatoms. The minimum Gasteiger partial charge on any atom is -0.489 e. The zero-order valence-corrected chi connectivity index (χ0v) is 18.0. The zero-order chi connectivity index (χ0) is 21.0. The van der Waals surface area contributed by atoms with Crippen LogP contribution in [-0.2, 0) is 23.2 Å². The molecule has 0 atom stereocenters. The zero-order valence-electron chi connectivity index (χ0n) is 16.5. The van der Waals surface area contributed by atoms with Crippen molar-refractivity contribution in [3.63, 3.8) is 0 Å². The van der Waals surface area contributed by atoms with Crippen LogP contribution in [0.3, 0.4) is 0 Å². The first-order valence-corrected chi connectivity index (χ1v) is 9.89. The van der Waals surface area contributed by atoms with E-state index in [4.69, 9.17) is 32.5 Å². The number of nitrogens with one attached hydrogen (secondary N) is 1. The molecule has 3 aromatic rings. The molecule has 1 aromatic heterocycles. The van der Waals surface area contributed by atoms with Crippen molar-refractivity contribution in [3.8, 4) is 5.75 Å². The molecular weight excluding hydrogens is 411 g/mol. The number of amides is 1. The number of anilines is 1. The lowest BCUT2D eigenvalue weighted by molar-refractivity contribution is -0.115. The predicted octanol–water partition coefficient (Wildman–Crippen LogP) is 6.04. The van der Waals surface area contributed by atoms with E-state index >= 15 is 0 Å². The summed E-state index contributed by atoms with van der Waals surface area (Å²) in [6.07, 6.45) is 0.217. The van der Waals surface area contributed by atoms with Crippen LogP contribution in [0.25, 0.3) is 0 Å². The Morgan fingerprint density at radius 2 is 1.76 bits per heavy atom. The number of benzene rings is 2. The molecule has 0 aliphatic rings. The fourth-order valence-corrected chi connectivity index (χ4v) is 3.10. The number of carbonyl (C=O) groups is 1. The molecule has 0 radical (unpaired) electrons. The van der Waals surface area contributed by atoms with Crippen molar-refractivity contribution in [1.82, 2.24) is 5.16 Å². The Bertz CT molecular complexity index is 972. The third kappa shape index (κ3) is 5.75. The van der Waals surface area contributed by atoms with Gasteiger partial charge < -0.3 is 14.6 Å². The second-order valence-corrected chi connectivity index (χ2v) is 8.50. The van der Waals surface area contributed by atoms with Gasteiger partial charge in [0.25, 0.3) is 0 Å². The Hall–Kier alpha value is -2.50. The minimum absolute atomic E-state index is 0.167. The van der Waals surface area contributed by atoms with E-state index in [2.05, 4.69) is 10.5 Å². The Morgan fingerprint density at radius 1 is 1.10 bits per heavy atom. The van der Waals surface area contributed by atoms with E-state index in [1.54, 1.807) is 36.4 Å². The molecule has 5 nitrogen and oxygen atoms in total. The average Bonchev–Trinajstić information content (AvgIpc) is 3.11. The van der Waals surface area contributed by atoms with Crippen LogP contribution < -0.4 is 10.1 Å². The van der Waals surface area contributed by atoms with Gasteiger partial charge in [0.15, 0.2) is 5.82 Å². The molecule has 1 heterocycles. The first-order chi connectivity index (χ1) is 13.7. The van der Waals surface area contributed by atoms with Crippen LogP contribution in [0.4, 0.5) is 5.82 Å². The summed E-state index contributed by atoms with van der Waals surface area (Å²) in [5.74, 6) is 1.62. The summed E-state index contributed by atoms with van der Waals surface area (Å²) in [5.41, 5.74) is 1.42. The fourth-order valence-electron chi connectivity index (χ4n) is 2.59. The van der Waals surface area contributed by atoms with Crippen LogP contribution in [-0.4, -0.2) is 11.1 Å². The number of carbonyl (C=O) groups excluding carboxylic acids is 1. The molecule has 0 bridgehead atoms. The normalized spacial score (nSPS) is 11.3. The topological polar surface area (TPSA) is 64.4 Å². The molecule has 0 saturated heterocycles. The Balaban J connectivity index is 1.55. The van der Waals surface area contributed by atoms with Gasteiger partial charge in [-0.3, -0.25) is 4.79 Å². The Morgan fingerprint density at radius 3 is 2.34 bits per heavy atom. The van der Waals surface area contributed by atoms with E-state index < -0.39 is 0 Å². The number of aromatic nitrogens is 1. The van der Waals surface area contributed by atoms with Crippen LogP contribution in [0.1, 0.15) is 37.7 Å². The summed E-state index contributed by atoms with van der Waals surface area (Å²) in [6, 6.07) is 14.4. The second kappa shape index (κ2) is 8.89. The highest BCUT2D eigenvalue weighted by Crippen LogP contribution is 2.26. The first kappa shape index (κ1) is 21.2. The molecule has 0 unspecified atom stereocenters. The van der Waals surface area contributed by atoms with E-state index in [0.717, 1.165) is 11.1 Å². The highest BCUT2D eigenvalue weighted by Gasteiger charge is 2.20. The molecule has 152 valence electrons. The average molecular weight is 433 g/mol. The van der Waals surface area contributed by atoms with Gasteiger partial charge in [-0.05, 0) is 29.8 Å². The summed E-state index contributed by atoms with van der Waals surface area (Å²) in [5, 5.41) is 7.78. The van der Waals surface area contributed by atoms with Gasteiger partial charge in [-0.25, -0.2) is 0 Å². The van der Waals surface area contributed by atoms with Crippen molar-refractivity contribution in [2.24, 2.45) is 0 Å². The van der Waals surface area contributed by atoms with E-state index in [1.807, 2.05) is 32.9 Å². The van der Waals surface area contributed by atoms with Gasteiger partial charge in [0.05, 0.1) is 6.42 Å².